The van der Waals surface area contributed by atoms with Crippen LogP contribution in [0.3, 0.4) is 0 Å². The van der Waals surface area contributed by atoms with Gasteiger partial charge in [-0.15, -0.1) is 0 Å². The summed E-state index contributed by atoms with van der Waals surface area (Å²) in [6.45, 7) is -0.447. The molecule has 0 aliphatic heterocycles. The maximum absolute atomic E-state index is 14.0. The van der Waals surface area contributed by atoms with E-state index in [-0.39, 0.29) is 27.7 Å². The summed E-state index contributed by atoms with van der Waals surface area (Å²) < 4.78 is 61.8. The quantitative estimate of drug-likeness (QED) is 0.324. The van der Waals surface area contributed by atoms with Crippen LogP contribution in [0, 0.1) is 11.6 Å². The molecule has 0 aliphatic rings. The van der Waals surface area contributed by atoms with Gasteiger partial charge in [0, 0.05) is 23.6 Å². The normalized spacial score (nSPS) is 11.8. The van der Waals surface area contributed by atoms with Crippen molar-refractivity contribution in [1.29, 1.82) is 0 Å². The van der Waals surface area contributed by atoms with Gasteiger partial charge < -0.3 is 9.87 Å². The Bertz CT molecular complexity index is 1370. The zero-order valence-electron chi connectivity index (χ0n) is 17.8. The summed E-state index contributed by atoms with van der Waals surface area (Å²) in [7, 11) is 0. The number of carbonyl (C=O) groups excluding carboxylic acids is 1. The molecule has 1 N–H and O–H groups in total. The number of amides is 1. The highest BCUT2D eigenvalue weighted by Crippen LogP contribution is 2.34. The summed E-state index contributed by atoms with van der Waals surface area (Å²) in [5, 5.41) is 2.59. The van der Waals surface area contributed by atoms with E-state index in [4.69, 9.17) is 11.6 Å². The lowest BCUT2D eigenvalue weighted by Gasteiger charge is -2.27. The minimum absolute atomic E-state index is 0.0173. The number of carbonyl (C=O) groups is 1. The van der Waals surface area contributed by atoms with E-state index in [0.29, 0.717) is 12.1 Å². The maximum Gasteiger partial charge on any atom is 0.253 e. The van der Waals surface area contributed by atoms with Crippen molar-refractivity contribution in [1.82, 2.24) is 14.1 Å². The molecule has 7 nitrogen and oxygen atoms in total. The van der Waals surface area contributed by atoms with Crippen molar-refractivity contribution < 1.29 is 22.3 Å². The molecule has 1 aromatic heterocycles. The zero-order valence-corrected chi connectivity index (χ0v) is 20.2. The molecule has 0 fully saturated rings. The topological polar surface area (TPSA) is 98.2 Å². The standard InChI is InChI=1S/C23H17ClF2N4O3S2/c24-15-9-10-16(23(31)27-13-17-18(25)7-4-8-19(17)26)21(12-15)30(35(32)33)22-20(28-34-29-22)11-14-5-2-1-3-6-14/h1-10,12H,11,13H2,(H,27,31)(H,32,33)/p-1. The molecule has 0 spiro atoms. The molecule has 4 rings (SSSR count). The lowest BCUT2D eigenvalue weighted by Crippen LogP contribution is -2.28. The third-order valence-corrected chi connectivity index (χ3v) is 6.46. The van der Waals surface area contributed by atoms with Crippen LogP contribution in [-0.2, 0) is 24.2 Å². The molecule has 0 saturated heterocycles. The molecule has 4 aromatic rings. The SMILES string of the molecule is O=C(NCc1c(F)cccc1F)c1ccc(Cl)cc1N(c1nsnc1Cc1ccccc1)S(=O)[O-]. The van der Waals surface area contributed by atoms with Gasteiger partial charge in [-0.3, -0.25) is 13.3 Å². The smallest absolute Gasteiger partial charge is 0.253 e. The van der Waals surface area contributed by atoms with Gasteiger partial charge >= 0.3 is 0 Å². The van der Waals surface area contributed by atoms with Gasteiger partial charge in [0.2, 0.25) is 0 Å². The lowest BCUT2D eigenvalue weighted by atomic mass is 10.1. The Morgan fingerprint density at radius 3 is 2.46 bits per heavy atom. The molecule has 12 heteroatoms. The van der Waals surface area contributed by atoms with Crippen molar-refractivity contribution >= 4 is 52.0 Å². The first-order valence-corrected chi connectivity index (χ1v) is 12.2. The summed E-state index contributed by atoms with van der Waals surface area (Å²) in [6, 6.07) is 16.6. The van der Waals surface area contributed by atoms with Crippen molar-refractivity contribution in [3.8, 4) is 0 Å². The third-order valence-electron chi connectivity index (χ3n) is 5.00. The number of anilines is 2. The molecular formula is C23H16ClF2N4O3S2-. The molecule has 1 amide bonds. The van der Waals surface area contributed by atoms with Crippen LogP contribution in [0.2, 0.25) is 5.02 Å². The fourth-order valence-corrected chi connectivity index (χ4v) is 4.72. The van der Waals surface area contributed by atoms with Gasteiger partial charge in [0.15, 0.2) is 5.82 Å². The summed E-state index contributed by atoms with van der Waals surface area (Å²) >= 11 is 4.04. The monoisotopic (exact) mass is 533 g/mol. The first-order valence-electron chi connectivity index (χ1n) is 10.1. The van der Waals surface area contributed by atoms with Crippen LogP contribution in [0.4, 0.5) is 20.3 Å². The molecule has 0 saturated carbocycles. The molecule has 0 aliphatic carbocycles. The van der Waals surface area contributed by atoms with Crippen LogP contribution in [-0.4, -0.2) is 23.4 Å². The number of halogens is 3. The average Bonchev–Trinajstić information content (AvgIpc) is 3.26. The Morgan fingerprint density at radius 1 is 1.06 bits per heavy atom. The van der Waals surface area contributed by atoms with Crippen LogP contribution in [0.5, 0.6) is 0 Å². The number of benzene rings is 3. The number of nitrogens with zero attached hydrogens (tertiary/aromatic N) is 3. The predicted octanol–water partition coefficient (Wildman–Crippen LogP) is 4.92. The van der Waals surface area contributed by atoms with E-state index in [1.165, 1.54) is 24.3 Å². The van der Waals surface area contributed by atoms with Crippen molar-refractivity contribution in [3.05, 3.63) is 106 Å². The molecule has 3 aromatic carbocycles. The van der Waals surface area contributed by atoms with E-state index in [0.717, 1.165) is 33.7 Å². The van der Waals surface area contributed by atoms with Gasteiger partial charge in [0.1, 0.15) is 17.3 Å². The second-order valence-electron chi connectivity index (χ2n) is 7.25. The summed E-state index contributed by atoms with van der Waals surface area (Å²) in [5.74, 6) is -2.38. The average molecular weight is 534 g/mol. The van der Waals surface area contributed by atoms with E-state index in [2.05, 4.69) is 14.1 Å². The highest BCUT2D eigenvalue weighted by molar-refractivity contribution is 7.81. The second-order valence-corrected chi connectivity index (χ2v) is 9.02. The highest BCUT2D eigenvalue weighted by Gasteiger charge is 2.25. The maximum atomic E-state index is 14.0. The third kappa shape index (κ3) is 5.70. The molecule has 1 unspecified atom stereocenters. The van der Waals surface area contributed by atoms with Gasteiger partial charge in [-0.25, -0.2) is 8.78 Å². The molecule has 1 atom stereocenters. The zero-order chi connectivity index (χ0) is 24.9. The van der Waals surface area contributed by atoms with Gasteiger partial charge in [0.25, 0.3) is 5.91 Å². The van der Waals surface area contributed by atoms with Crippen LogP contribution in [0.15, 0.2) is 66.7 Å². The first kappa shape index (κ1) is 24.9. The van der Waals surface area contributed by atoms with Crippen LogP contribution in [0.1, 0.15) is 27.2 Å². The fraction of sp³-hybridized carbons (Fsp3) is 0.0870. The molecule has 0 radical (unpaired) electrons. The van der Waals surface area contributed by atoms with E-state index in [9.17, 15) is 22.3 Å². The van der Waals surface area contributed by atoms with Gasteiger partial charge in [-0.2, -0.15) is 8.75 Å². The number of rotatable bonds is 8. The van der Waals surface area contributed by atoms with E-state index >= 15 is 0 Å². The van der Waals surface area contributed by atoms with Crippen molar-refractivity contribution in [3.63, 3.8) is 0 Å². The highest BCUT2D eigenvalue weighted by atomic mass is 35.5. The van der Waals surface area contributed by atoms with Crippen LogP contribution >= 0.6 is 23.3 Å². The molecule has 0 bridgehead atoms. The molecule has 1 heterocycles. The number of aromatic nitrogens is 2. The summed E-state index contributed by atoms with van der Waals surface area (Å²) in [4.78, 5) is 13.0. The van der Waals surface area contributed by atoms with E-state index in [1.807, 2.05) is 30.3 Å². The first-order chi connectivity index (χ1) is 16.8. The van der Waals surface area contributed by atoms with Crippen molar-refractivity contribution in [2.45, 2.75) is 13.0 Å². The van der Waals surface area contributed by atoms with E-state index in [1.54, 1.807) is 0 Å². The predicted molar refractivity (Wildman–Crippen MR) is 129 cm³/mol. The fourth-order valence-electron chi connectivity index (χ4n) is 3.35. The lowest BCUT2D eigenvalue weighted by molar-refractivity contribution is 0.0951. The molecular weight excluding hydrogens is 518 g/mol. The minimum Gasteiger partial charge on any atom is -0.755 e. The van der Waals surface area contributed by atoms with Crippen molar-refractivity contribution in [2.75, 3.05) is 4.31 Å². The van der Waals surface area contributed by atoms with E-state index < -0.39 is 35.4 Å². The molecule has 35 heavy (non-hydrogen) atoms. The van der Waals surface area contributed by atoms with Gasteiger partial charge in [0.05, 0.1) is 34.2 Å². The minimum atomic E-state index is -2.91. The Balaban J connectivity index is 1.68. The number of hydrogen-bond acceptors (Lipinski definition) is 6. The van der Waals surface area contributed by atoms with Gasteiger partial charge in [-0.1, -0.05) is 48.0 Å². The van der Waals surface area contributed by atoms with Crippen LogP contribution < -0.4 is 9.62 Å². The summed E-state index contributed by atoms with van der Waals surface area (Å²) in [5.41, 5.74) is 0.766. The van der Waals surface area contributed by atoms with Gasteiger partial charge in [-0.05, 0) is 35.9 Å². The number of nitrogens with one attached hydrogen (secondary N) is 1. The Kier molecular flexibility index (Phi) is 7.81. The number of hydrogen-bond donors (Lipinski definition) is 1. The van der Waals surface area contributed by atoms with Crippen molar-refractivity contribution in [2.24, 2.45) is 0 Å². The summed E-state index contributed by atoms with van der Waals surface area (Å²) in [6.07, 6.45) is 0.301. The Morgan fingerprint density at radius 2 is 1.77 bits per heavy atom. The largest absolute Gasteiger partial charge is 0.755 e. The Labute approximate surface area is 211 Å². The Hall–Kier alpha value is -3.25. The second kappa shape index (κ2) is 11.0. The van der Waals surface area contributed by atoms with Crippen LogP contribution in [0.25, 0.3) is 0 Å². The molecule has 180 valence electrons.